The van der Waals surface area contributed by atoms with Crippen molar-refractivity contribution in [3.05, 3.63) is 218 Å². The molecule has 56 heavy (non-hydrogen) atoms. The third-order valence-corrected chi connectivity index (χ3v) is 11.3. The molecule has 0 aliphatic rings. The Morgan fingerprint density at radius 3 is 1.59 bits per heavy atom. The fourth-order valence-electron chi connectivity index (χ4n) is 8.72. The van der Waals surface area contributed by atoms with Crippen molar-refractivity contribution in [1.82, 2.24) is 4.57 Å². The van der Waals surface area contributed by atoms with E-state index in [1.807, 2.05) is 0 Å². The molecule has 0 unspecified atom stereocenters. The van der Waals surface area contributed by atoms with Crippen LogP contribution in [0.2, 0.25) is 0 Å². The maximum absolute atomic E-state index is 2.45. The van der Waals surface area contributed by atoms with E-state index in [0.717, 1.165) is 22.7 Å². The summed E-state index contributed by atoms with van der Waals surface area (Å²) in [7, 11) is 0. The maximum atomic E-state index is 2.45. The Balaban J connectivity index is 1.15. The minimum atomic E-state index is 1.10. The van der Waals surface area contributed by atoms with Gasteiger partial charge >= 0.3 is 0 Å². The minimum Gasteiger partial charge on any atom is -0.310 e. The van der Waals surface area contributed by atoms with Crippen LogP contribution in [0.5, 0.6) is 0 Å². The summed E-state index contributed by atoms with van der Waals surface area (Å²) in [6.45, 7) is 0. The minimum absolute atomic E-state index is 1.10. The summed E-state index contributed by atoms with van der Waals surface area (Å²) in [6, 6.07) is 79.6. The van der Waals surface area contributed by atoms with Gasteiger partial charge in [-0.1, -0.05) is 152 Å². The van der Waals surface area contributed by atoms with E-state index in [9.17, 15) is 0 Å². The highest BCUT2D eigenvalue weighted by Gasteiger charge is 2.22. The number of nitrogens with zero attached hydrogens (tertiary/aromatic N) is 2. The van der Waals surface area contributed by atoms with E-state index in [2.05, 4.69) is 228 Å². The van der Waals surface area contributed by atoms with Crippen molar-refractivity contribution >= 4 is 71.2 Å². The lowest BCUT2D eigenvalue weighted by molar-refractivity contribution is 1.18. The fourth-order valence-corrected chi connectivity index (χ4v) is 8.72. The molecule has 11 rings (SSSR count). The van der Waals surface area contributed by atoms with Gasteiger partial charge in [-0.25, -0.2) is 0 Å². The van der Waals surface area contributed by atoms with Gasteiger partial charge in [0.15, 0.2) is 0 Å². The molecule has 10 aromatic carbocycles. The molecule has 0 radical (unpaired) electrons. The number of hydrogen-bond acceptors (Lipinski definition) is 1. The Bertz CT molecular complexity index is 3230. The molecule has 2 nitrogen and oxygen atoms in total. The lowest BCUT2D eigenvalue weighted by Crippen LogP contribution is -2.10. The quantitative estimate of drug-likeness (QED) is 0.156. The molecule has 2 heteroatoms. The lowest BCUT2D eigenvalue weighted by Gasteiger charge is -2.27. The summed E-state index contributed by atoms with van der Waals surface area (Å²) < 4.78 is 2.40. The zero-order valence-electron chi connectivity index (χ0n) is 30.7. The van der Waals surface area contributed by atoms with Crippen molar-refractivity contribution < 1.29 is 0 Å². The third-order valence-electron chi connectivity index (χ3n) is 11.3. The molecule has 1 heterocycles. The van der Waals surface area contributed by atoms with Gasteiger partial charge in [0.1, 0.15) is 0 Å². The van der Waals surface area contributed by atoms with E-state index in [0.29, 0.717) is 0 Å². The molecule has 0 saturated heterocycles. The van der Waals surface area contributed by atoms with Gasteiger partial charge in [-0.15, -0.1) is 0 Å². The van der Waals surface area contributed by atoms with Crippen LogP contribution in [-0.4, -0.2) is 4.57 Å². The van der Waals surface area contributed by atoms with Gasteiger partial charge in [0.2, 0.25) is 0 Å². The van der Waals surface area contributed by atoms with Crippen molar-refractivity contribution in [1.29, 1.82) is 0 Å². The predicted octanol–water partition coefficient (Wildman–Crippen LogP) is 15.0. The molecular formula is C54H36N2. The number of fused-ring (bicyclic) bond motifs is 7. The third kappa shape index (κ3) is 5.26. The van der Waals surface area contributed by atoms with E-state index in [4.69, 9.17) is 0 Å². The number of benzene rings is 10. The molecule has 0 atom stereocenters. The standard InChI is InChI=1S/C54H36N2/c1-3-14-37(15-4-1)48-34-41-17-7-8-18-42(41)35-49(48)40-28-31-44(32-29-40)55(45-33-30-39-27-26-38-16-9-10-21-46(38)50(39)36-45)52-24-13-25-53-54(52)47-22-11-12-23-51(47)56(53)43-19-5-2-6-20-43/h1-36H. The van der Waals surface area contributed by atoms with Crippen LogP contribution >= 0.6 is 0 Å². The molecule has 0 amide bonds. The molecule has 0 N–H and O–H groups in total. The van der Waals surface area contributed by atoms with Crippen LogP contribution in [0.15, 0.2) is 218 Å². The van der Waals surface area contributed by atoms with Crippen LogP contribution in [0, 0.1) is 0 Å². The number of aromatic nitrogens is 1. The zero-order valence-corrected chi connectivity index (χ0v) is 30.7. The first-order chi connectivity index (χ1) is 27.8. The normalized spacial score (nSPS) is 11.6. The average molecular weight is 713 g/mol. The molecule has 0 aliphatic carbocycles. The van der Waals surface area contributed by atoms with Crippen LogP contribution < -0.4 is 4.90 Å². The number of rotatable bonds is 6. The van der Waals surface area contributed by atoms with Gasteiger partial charge in [-0.05, 0) is 121 Å². The van der Waals surface area contributed by atoms with E-state index < -0.39 is 0 Å². The zero-order chi connectivity index (χ0) is 37.0. The van der Waals surface area contributed by atoms with Gasteiger partial charge < -0.3 is 9.47 Å². The van der Waals surface area contributed by atoms with E-state index in [1.165, 1.54) is 76.4 Å². The summed E-state index contributed by atoms with van der Waals surface area (Å²) in [5.41, 5.74) is 11.7. The number of anilines is 3. The molecule has 0 saturated carbocycles. The van der Waals surface area contributed by atoms with Crippen LogP contribution in [0.3, 0.4) is 0 Å². The van der Waals surface area contributed by atoms with Crippen LogP contribution in [-0.2, 0) is 0 Å². The largest absolute Gasteiger partial charge is 0.310 e. The van der Waals surface area contributed by atoms with Gasteiger partial charge in [0.05, 0.1) is 16.7 Å². The van der Waals surface area contributed by atoms with E-state index in [1.54, 1.807) is 0 Å². The Morgan fingerprint density at radius 1 is 0.321 bits per heavy atom. The van der Waals surface area contributed by atoms with Gasteiger partial charge in [-0.2, -0.15) is 0 Å². The van der Waals surface area contributed by atoms with Crippen molar-refractivity contribution in [2.75, 3.05) is 4.90 Å². The molecule has 1 aromatic heterocycles. The highest BCUT2D eigenvalue weighted by molar-refractivity contribution is 6.17. The van der Waals surface area contributed by atoms with Gasteiger partial charge in [0, 0.05) is 27.8 Å². The van der Waals surface area contributed by atoms with Crippen LogP contribution in [0.1, 0.15) is 0 Å². The summed E-state index contributed by atoms with van der Waals surface area (Å²) in [5.74, 6) is 0. The van der Waals surface area contributed by atoms with Crippen LogP contribution in [0.25, 0.3) is 82.1 Å². The second-order valence-corrected chi connectivity index (χ2v) is 14.5. The second kappa shape index (κ2) is 13.2. The Morgan fingerprint density at radius 2 is 0.857 bits per heavy atom. The monoisotopic (exact) mass is 712 g/mol. The van der Waals surface area contributed by atoms with E-state index in [-0.39, 0.29) is 0 Å². The summed E-state index contributed by atoms with van der Waals surface area (Å²) in [4.78, 5) is 2.45. The topological polar surface area (TPSA) is 8.17 Å². The molecular weight excluding hydrogens is 677 g/mol. The van der Waals surface area contributed by atoms with Crippen molar-refractivity contribution in [3.8, 4) is 27.9 Å². The molecule has 0 spiro atoms. The molecule has 0 bridgehead atoms. The highest BCUT2D eigenvalue weighted by atomic mass is 15.1. The Hall–Kier alpha value is -7.42. The van der Waals surface area contributed by atoms with Crippen molar-refractivity contribution in [2.45, 2.75) is 0 Å². The highest BCUT2D eigenvalue weighted by Crippen LogP contribution is 2.45. The van der Waals surface area contributed by atoms with Crippen molar-refractivity contribution in [3.63, 3.8) is 0 Å². The van der Waals surface area contributed by atoms with Gasteiger partial charge in [-0.3, -0.25) is 0 Å². The Kier molecular flexibility index (Phi) is 7.53. The first-order valence-corrected chi connectivity index (χ1v) is 19.3. The molecule has 11 aromatic rings. The Labute approximate surface area is 325 Å². The summed E-state index contributed by atoms with van der Waals surface area (Å²) in [6.07, 6.45) is 0. The SMILES string of the molecule is c1ccc(-c2cc3ccccc3cc2-c2ccc(N(c3ccc4ccc5ccccc5c4c3)c3cccc4c3c3ccccc3n4-c3ccccc3)cc2)cc1. The van der Waals surface area contributed by atoms with E-state index >= 15 is 0 Å². The summed E-state index contributed by atoms with van der Waals surface area (Å²) in [5, 5.41) is 9.88. The lowest BCUT2D eigenvalue weighted by atomic mass is 9.91. The number of hydrogen-bond donors (Lipinski definition) is 0. The molecule has 0 fully saturated rings. The molecule has 262 valence electrons. The maximum Gasteiger partial charge on any atom is 0.0562 e. The first kappa shape index (κ1) is 32.0. The second-order valence-electron chi connectivity index (χ2n) is 14.5. The fraction of sp³-hybridized carbons (Fsp3) is 0. The number of para-hydroxylation sites is 2. The van der Waals surface area contributed by atoms with Crippen molar-refractivity contribution in [2.24, 2.45) is 0 Å². The molecule has 0 aliphatic heterocycles. The summed E-state index contributed by atoms with van der Waals surface area (Å²) >= 11 is 0. The first-order valence-electron chi connectivity index (χ1n) is 19.3. The average Bonchev–Trinajstić information content (AvgIpc) is 3.62. The van der Waals surface area contributed by atoms with Crippen LogP contribution in [0.4, 0.5) is 17.1 Å². The van der Waals surface area contributed by atoms with Gasteiger partial charge in [0.25, 0.3) is 0 Å². The smallest absolute Gasteiger partial charge is 0.0562 e. The predicted molar refractivity (Wildman–Crippen MR) is 239 cm³/mol.